The van der Waals surface area contributed by atoms with Gasteiger partial charge in [-0.05, 0) is 74.7 Å². The number of nitrogens with zero attached hydrogens (tertiary/aromatic N) is 5. The van der Waals surface area contributed by atoms with Crippen molar-refractivity contribution in [3.63, 3.8) is 0 Å². The summed E-state index contributed by atoms with van der Waals surface area (Å²) in [6.07, 6.45) is 3.94. The summed E-state index contributed by atoms with van der Waals surface area (Å²) in [7, 11) is 0. The zero-order chi connectivity index (χ0) is 24.0. The number of amides is 2. The maximum atomic E-state index is 12.8. The summed E-state index contributed by atoms with van der Waals surface area (Å²) in [4.78, 5) is 31.4. The number of carbonyl (C=O) groups is 2. The number of rotatable bonds is 4. The second kappa shape index (κ2) is 8.72. The van der Waals surface area contributed by atoms with Gasteiger partial charge in [0.1, 0.15) is 5.04 Å². The average Bonchev–Trinajstić information content (AvgIpc) is 3.52. The second-order valence-corrected chi connectivity index (χ2v) is 9.77. The summed E-state index contributed by atoms with van der Waals surface area (Å²) in [5.74, 6) is -0.458. The third kappa shape index (κ3) is 3.90. The number of fused-ring (bicyclic) bond motifs is 1. The summed E-state index contributed by atoms with van der Waals surface area (Å²) in [5.41, 5.74) is 5.29. The Morgan fingerprint density at radius 3 is 2.65 bits per heavy atom. The molecule has 1 aromatic heterocycles. The minimum Gasteiger partial charge on any atom is -0.342 e. The van der Waals surface area contributed by atoms with E-state index in [4.69, 9.17) is 5.41 Å². The smallest absolute Gasteiger partial charge is 0.283 e. The van der Waals surface area contributed by atoms with Crippen molar-refractivity contribution in [1.29, 1.82) is 5.41 Å². The minimum absolute atomic E-state index is 0.0215. The Labute approximate surface area is 202 Å². The molecule has 3 aliphatic rings. The molecule has 1 saturated heterocycles. The van der Waals surface area contributed by atoms with E-state index in [-0.39, 0.29) is 23.7 Å². The molecule has 1 aromatic carbocycles. The number of aliphatic imine (C=N–C) groups is 1. The van der Waals surface area contributed by atoms with E-state index in [9.17, 15) is 9.59 Å². The third-order valence-corrected chi connectivity index (χ3v) is 7.29. The second-order valence-electron chi connectivity index (χ2n) is 8.73. The maximum absolute atomic E-state index is 12.8. The number of likely N-dealkylation sites (tertiary alicyclic amines) is 1. The quantitative estimate of drug-likeness (QED) is 0.677. The molecule has 4 heterocycles. The van der Waals surface area contributed by atoms with Gasteiger partial charge in [0.2, 0.25) is 11.1 Å². The van der Waals surface area contributed by atoms with E-state index in [1.54, 1.807) is 6.08 Å². The van der Waals surface area contributed by atoms with Crippen molar-refractivity contribution in [2.45, 2.75) is 40.0 Å². The summed E-state index contributed by atoms with van der Waals surface area (Å²) in [5, 5.41) is 15.4. The van der Waals surface area contributed by atoms with Crippen molar-refractivity contribution in [3.8, 4) is 5.69 Å². The van der Waals surface area contributed by atoms with Crippen LogP contribution in [0.4, 0.5) is 0 Å². The van der Waals surface area contributed by atoms with Crippen LogP contribution in [0.1, 0.15) is 41.8 Å². The van der Waals surface area contributed by atoms with Gasteiger partial charge in [-0.15, -0.1) is 0 Å². The van der Waals surface area contributed by atoms with Gasteiger partial charge in [0.15, 0.2) is 5.84 Å². The third-order valence-electron chi connectivity index (χ3n) is 6.38. The normalized spacial score (nSPS) is 19.1. The highest BCUT2D eigenvalue weighted by atomic mass is 32.2. The Balaban J connectivity index is 1.43. The van der Waals surface area contributed by atoms with E-state index in [0.29, 0.717) is 10.2 Å². The molecule has 0 spiro atoms. The van der Waals surface area contributed by atoms with Gasteiger partial charge in [-0.1, -0.05) is 18.2 Å². The Hall–Kier alpha value is -3.46. The number of para-hydroxylation sites is 1. The lowest BCUT2D eigenvalue weighted by atomic mass is 10.1. The van der Waals surface area contributed by atoms with Crippen molar-refractivity contribution >= 4 is 45.7 Å². The van der Waals surface area contributed by atoms with Gasteiger partial charge in [0, 0.05) is 30.2 Å². The molecule has 1 N–H and O–H groups in total. The van der Waals surface area contributed by atoms with Gasteiger partial charge in [-0.3, -0.25) is 15.0 Å². The van der Waals surface area contributed by atoms with Crippen LogP contribution in [0.15, 0.2) is 46.0 Å². The van der Waals surface area contributed by atoms with Crippen LogP contribution in [-0.4, -0.2) is 55.4 Å². The Morgan fingerprint density at radius 2 is 1.91 bits per heavy atom. The summed E-state index contributed by atoms with van der Waals surface area (Å²) >= 11 is 1.19. The predicted octanol–water partition coefficient (Wildman–Crippen LogP) is 4.03. The number of aromatic nitrogens is 1. The van der Waals surface area contributed by atoms with Gasteiger partial charge in [-0.25, -0.2) is 0 Å². The van der Waals surface area contributed by atoms with E-state index in [1.807, 2.05) is 36.9 Å². The van der Waals surface area contributed by atoms with E-state index in [0.717, 1.165) is 54.1 Å². The fraction of sp³-hybridized carbons (Fsp3) is 0.320. The van der Waals surface area contributed by atoms with E-state index in [2.05, 4.69) is 33.7 Å². The Bertz CT molecular complexity index is 1310. The van der Waals surface area contributed by atoms with Crippen LogP contribution < -0.4 is 0 Å². The van der Waals surface area contributed by atoms with Crippen LogP contribution in [-0.2, 0) is 9.59 Å². The topological polar surface area (TPSA) is 94.1 Å². The number of nitrogens with one attached hydrogen (secondary N) is 1. The molecular formula is C25H26N6O2S. The molecule has 0 radical (unpaired) electrons. The largest absolute Gasteiger partial charge is 0.342 e. The van der Waals surface area contributed by atoms with Crippen molar-refractivity contribution in [1.82, 2.24) is 14.5 Å². The van der Waals surface area contributed by atoms with Gasteiger partial charge in [0.05, 0.1) is 12.0 Å². The van der Waals surface area contributed by atoms with Crippen LogP contribution in [0.2, 0.25) is 0 Å². The molecule has 0 aliphatic carbocycles. The number of hydrazone groups is 1. The highest BCUT2D eigenvalue weighted by Crippen LogP contribution is 2.31. The van der Waals surface area contributed by atoms with Crippen molar-refractivity contribution in [3.05, 3.63) is 58.4 Å². The zero-order valence-corrected chi connectivity index (χ0v) is 20.3. The highest BCUT2D eigenvalue weighted by molar-refractivity contribution is 8.27. The average molecular weight is 475 g/mol. The molecule has 9 heteroatoms. The number of hydrogen-bond donors (Lipinski definition) is 1. The molecule has 34 heavy (non-hydrogen) atoms. The summed E-state index contributed by atoms with van der Waals surface area (Å²) in [6.45, 7) is 7.66. The molecule has 2 aromatic rings. The van der Waals surface area contributed by atoms with Crippen LogP contribution in [0.3, 0.4) is 0 Å². The SMILES string of the molecule is Cc1ccccc1-n1c(C)cc(C=C2C(=N)N3N=C(CC(=O)N4CCCC4)SC3=NC2=O)c1C. The first-order valence-corrected chi connectivity index (χ1v) is 12.2. The summed E-state index contributed by atoms with van der Waals surface area (Å²) in [6, 6.07) is 10.2. The van der Waals surface area contributed by atoms with Crippen molar-refractivity contribution in [2.24, 2.45) is 10.1 Å². The van der Waals surface area contributed by atoms with E-state index >= 15 is 0 Å². The Morgan fingerprint density at radius 1 is 1.18 bits per heavy atom. The van der Waals surface area contributed by atoms with Gasteiger partial charge in [0.25, 0.3) is 5.91 Å². The maximum Gasteiger partial charge on any atom is 0.283 e. The van der Waals surface area contributed by atoms with Crippen LogP contribution in [0, 0.1) is 26.2 Å². The lowest BCUT2D eigenvalue weighted by molar-refractivity contribution is -0.128. The number of hydrogen-bond acceptors (Lipinski definition) is 5. The highest BCUT2D eigenvalue weighted by Gasteiger charge is 2.36. The predicted molar refractivity (Wildman–Crippen MR) is 135 cm³/mol. The molecule has 5 rings (SSSR count). The molecule has 2 amide bonds. The molecule has 0 atom stereocenters. The first kappa shape index (κ1) is 22.3. The zero-order valence-electron chi connectivity index (χ0n) is 19.5. The molecule has 1 fully saturated rings. The van der Waals surface area contributed by atoms with E-state index in [1.165, 1.54) is 16.8 Å². The van der Waals surface area contributed by atoms with Crippen LogP contribution in [0.25, 0.3) is 11.8 Å². The van der Waals surface area contributed by atoms with Crippen LogP contribution >= 0.6 is 11.8 Å². The molecule has 0 bridgehead atoms. The van der Waals surface area contributed by atoms with E-state index < -0.39 is 5.91 Å². The lowest BCUT2D eigenvalue weighted by Crippen LogP contribution is -2.35. The van der Waals surface area contributed by atoms with Crippen molar-refractivity contribution < 1.29 is 9.59 Å². The van der Waals surface area contributed by atoms with Crippen molar-refractivity contribution in [2.75, 3.05) is 13.1 Å². The van der Waals surface area contributed by atoms with Gasteiger partial charge < -0.3 is 9.47 Å². The first-order valence-electron chi connectivity index (χ1n) is 11.4. The molecule has 0 saturated carbocycles. The number of aryl methyl sites for hydroxylation is 2. The standard InChI is InChI=1S/C25H26N6O2S/c1-15-8-4-5-9-20(15)30-16(2)12-18(17(30)3)13-19-23(26)31-25(27-24(19)33)34-21(28-31)14-22(32)29-10-6-7-11-29/h4-5,8-9,12-13,26H,6-7,10-11,14H2,1-3H3. The number of benzene rings is 1. The minimum atomic E-state index is -0.466. The number of carbonyl (C=O) groups excluding carboxylic acids is 2. The number of amidine groups is 2. The molecule has 8 nitrogen and oxygen atoms in total. The number of thioether (sulfide) groups is 1. The lowest BCUT2D eigenvalue weighted by Gasteiger charge is -2.20. The molecule has 174 valence electrons. The fourth-order valence-electron chi connectivity index (χ4n) is 4.59. The van der Waals surface area contributed by atoms with Gasteiger partial charge in [-0.2, -0.15) is 15.1 Å². The molecule has 3 aliphatic heterocycles. The summed E-state index contributed by atoms with van der Waals surface area (Å²) < 4.78 is 2.15. The first-order chi connectivity index (χ1) is 16.3. The molecule has 0 unspecified atom stereocenters. The van der Waals surface area contributed by atoms with Crippen LogP contribution in [0.5, 0.6) is 0 Å². The Kier molecular flexibility index (Phi) is 5.73. The molecular weight excluding hydrogens is 448 g/mol. The van der Waals surface area contributed by atoms with Gasteiger partial charge >= 0.3 is 0 Å². The fourth-order valence-corrected chi connectivity index (χ4v) is 5.46. The monoisotopic (exact) mass is 474 g/mol.